The summed E-state index contributed by atoms with van der Waals surface area (Å²) in [7, 11) is 0. The fraction of sp³-hybridized carbons (Fsp3) is 0.0962. The lowest BCUT2D eigenvalue weighted by Crippen LogP contribution is -2.27. The second-order valence-electron chi connectivity index (χ2n) is 15.2. The molecule has 2 aromatic heterocycles. The highest BCUT2D eigenvalue weighted by atomic mass is 32.1. The van der Waals surface area contributed by atoms with E-state index in [1.54, 1.807) is 0 Å². The van der Waals surface area contributed by atoms with E-state index >= 15 is 0 Å². The molecule has 8 aromatic rings. The number of aryl methyl sites for hydroxylation is 1. The summed E-state index contributed by atoms with van der Waals surface area (Å²) in [4.78, 5) is 5.86. The van der Waals surface area contributed by atoms with Crippen LogP contribution in [0, 0.1) is 12.8 Å². The van der Waals surface area contributed by atoms with Gasteiger partial charge in [0.1, 0.15) is 5.00 Å². The van der Waals surface area contributed by atoms with E-state index in [1.807, 2.05) is 11.3 Å². The molecule has 0 spiro atoms. The number of thiophene rings is 1. The smallest absolute Gasteiger partial charge is 0.202 e. The number of aliphatic imine (C=N–C) groups is 1. The highest BCUT2D eigenvalue weighted by Crippen LogP contribution is 2.54. The molecular weight excluding hydrogens is 699 g/mol. The van der Waals surface area contributed by atoms with E-state index in [0.717, 1.165) is 16.3 Å². The van der Waals surface area contributed by atoms with Crippen molar-refractivity contribution in [3.05, 3.63) is 209 Å². The third-order valence-electron chi connectivity index (χ3n) is 12.0. The Morgan fingerprint density at radius 3 is 1.93 bits per heavy atom. The van der Waals surface area contributed by atoms with Gasteiger partial charge in [-0.3, -0.25) is 0 Å². The van der Waals surface area contributed by atoms with E-state index in [4.69, 9.17) is 4.99 Å². The van der Waals surface area contributed by atoms with Crippen molar-refractivity contribution in [1.29, 1.82) is 0 Å². The summed E-state index contributed by atoms with van der Waals surface area (Å²) in [6, 6.07) is 55.1. The number of hydrogen-bond acceptors (Lipinski definition) is 3. The van der Waals surface area contributed by atoms with Crippen molar-refractivity contribution in [2.45, 2.75) is 26.1 Å². The summed E-state index contributed by atoms with van der Waals surface area (Å²) in [5, 5.41) is 7.68. The number of nitrogens with zero attached hydrogens (tertiary/aromatic N) is 2. The first-order valence-electron chi connectivity index (χ1n) is 19.5. The number of benzene rings is 6. The molecular formula is C52H39N3S. The van der Waals surface area contributed by atoms with Crippen molar-refractivity contribution >= 4 is 54.2 Å². The van der Waals surface area contributed by atoms with E-state index in [1.165, 1.54) is 82.3 Å². The first-order chi connectivity index (χ1) is 27.6. The summed E-state index contributed by atoms with van der Waals surface area (Å²) in [5.41, 5.74) is 17.2. The number of hydrogen-bond donors (Lipinski definition) is 1. The van der Waals surface area contributed by atoms with Gasteiger partial charge in [-0.25, -0.2) is 4.99 Å². The van der Waals surface area contributed by atoms with Gasteiger partial charge in [-0.05, 0) is 94.3 Å². The molecule has 1 N–H and O–H groups in total. The molecule has 4 heteroatoms. The normalized spacial score (nSPS) is 18.4. The van der Waals surface area contributed by atoms with Crippen LogP contribution in [0.15, 0.2) is 181 Å². The molecule has 3 atom stereocenters. The molecule has 2 aliphatic carbocycles. The van der Waals surface area contributed by atoms with Crippen LogP contribution >= 0.6 is 11.3 Å². The molecule has 0 amide bonds. The monoisotopic (exact) mass is 737 g/mol. The Kier molecular flexibility index (Phi) is 7.68. The lowest BCUT2D eigenvalue weighted by Gasteiger charge is -2.36. The Morgan fingerprint density at radius 1 is 0.589 bits per heavy atom. The van der Waals surface area contributed by atoms with E-state index in [2.05, 4.69) is 200 Å². The Hall–Kier alpha value is -6.49. The molecule has 3 aliphatic rings. The summed E-state index contributed by atoms with van der Waals surface area (Å²) in [6.45, 7) is 4.58. The molecule has 3 unspecified atom stereocenters. The van der Waals surface area contributed by atoms with Gasteiger partial charge < -0.3 is 9.88 Å². The average molecular weight is 738 g/mol. The molecule has 268 valence electrons. The fourth-order valence-corrected chi connectivity index (χ4v) is 10.6. The van der Waals surface area contributed by atoms with E-state index < -0.39 is 0 Å². The second-order valence-corrected chi connectivity index (χ2v) is 16.2. The van der Waals surface area contributed by atoms with Gasteiger partial charge >= 0.3 is 0 Å². The van der Waals surface area contributed by atoms with Crippen molar-refractivity contribution in [2.24, 2.45) is 10.9 Å². The van der Waals surface area contributed by atoms with Gasteiger partial charge in [0.25, 0.3) is 0 Å². The summed E-state index contributed by atoms with van der Waals surface area (Å²) in [6.07, 6.45) is 8.90. The van der Waals surface area contributed by atoms with Crippen molar-refractivity contribution in [3.63, 3.8) is 0 Å². The molecule has 56 heavy (non-hydrogen) atoms. The maximum atomic E-state index is 5.86. The predicted octanol–water partition coefficient (Wildman–Crippen LogP) is 13.7. The van der Waals surface area contributed by atoms with Gasteiger partial charge in [0.2, 0.25) is 6.29 Å². The highest BCUT2D eigenvalue weighted by Gasteiger charge is 2.39. The third-order valence-corrected chi connectivity index (χ3v) is 13.1. The molecule has 6 aromatic carbocycles. The van der Waals surface area contributed by atoms with Crippen molar-refractivity contribution in [3.8, 4) is 22.3 Å². The fourth-order valence-electron chi connectivity index (χ4n) is 9.47. The molecule has 1 aliphatic heterocycles. The standard InChI is InChI=1S/C52H39N3S/c1-32-17-9-10-22-39(32)46-33(2)50-47(41-24-12-11-23-40(41)46)42-25-13-15-27-44(42)55(50)52-53-49(48-43-26-14-16-28-45(43)56-51(48)54-52)38-30-36(34-18-5-3-6-19-34)29-37(31-38)35-20-7-4-8-21-35/h3-31,40-41,52,54H,1-2H3. The van der Waals surface area contributed by atoms with Gasteiger partial charge in [0.15, 0.2) is 0 Å². The van der Waals surface area contributed by atoms with E-state index in [-0.39, 0.29) is 18.1 Å². The van der Waals surface area contributed by atoms with E-state index in [9.17, 15) is 0 Å². The first-order valence-corrected chi connectivity index (χ1v) is 20.3. The lowest BCUT2D eigenvalue weighted by molar-refractivity contribution is 0.592. The van der Waals surface area contributed by atoms with Crippen LogP contribution in [0.1, 0.15) is 52.6 Å². The predicted molar refractivity (Wildman–Crippen MR) is 238 cm³/mol. The second kappa shape index (κ2) is 13.1. The largest absolute Gasteiger partial charge is 0.338 e. The number of nitrogens with one attached hydrogen (secondary N) is 1. The Morgan fingerprint density at radius 2 is 1.20 bits per heavy atom. The van der Waals surface area contributed by atoms with Gasteiger partial charge in [-0.15, -0.1) is 11.3 Å². The van der Waals surface area contributed by atoms with Gasteiger partial charge in [-0.2, -0.15) is 0 Å². The van der Waals surface area contributed by atoms with Crippen LogP contribution in [0.3, 0.4) is 0 Å². The van der Waals surface area contributed by atoms with Crippen molar-refractivity contribution in [1.82, 2.24) is 4.57 Å². The highest BCUT2D eigenvalue weighted by molar-refractivity contribution is 7.23. The van der Waals surface area contributed by atoms with Crippen LogP contribution in [-0.4, -0.2) is 10.3 Å². The zero-order valence-corrected chi connectivity index (χ0v) is 32.1. The Bertz CT molecular complexity index is 2920. The van der Waals surface area contributed by atoms with Gasteiger partial charge in [0, 0.05) is 38.4 Å². The molecule has 0 bridgehead atoms. The Balaban J connectivity index is 1.20. The molecule has 0 fully saturated rings. The minimum Gasteiger partial charge on any atom is -0.338 e. The Labute approximate surface area is 331 Å². The van der Waals surface area contributed by atoms with Crippen LogP contribution < -0.4 is 5.32 Å². The minimum atomic E-state index is -0.382. The van der Waals surface area contributed by atoms with Gasteiger partial charge in [-0.1, -0.05) is 146 Å². The number of para-hydroxylation sites is 1. The molecule has 3 heterocycles. The van der Waals surface area contributed by atoms with Gasteiger partial charge in [0.05, 0.1) is 16.9 Å². The zero-order chi connectivity index (χ0) is 37.3. The van der Waals surface area contributed by atoms with Crippen LogP contribution in [0.4, 0.5) is 5.00 Å². The molecule has 0 saturated carbocycles. The number of fused-ring (bicyclic) bond motifs is 8. The van der Waals surface area contributed by atoms with Crippen LogP contribution in [0.25, 0.3) is 54.4 Å². The first kappa shape index (κ1) is 32.9. The number of rotatable bonds is 5. The molecule has 0 radical (unpaired) electrons. The van der Waals surface area contributed by atoms with Crippen LogP contribution in [0.2, 0.25) is 0 Å². The minimum absolute atomic E-state index is 0.211. The third kappa shape index (κ3) is 5.13. The molecule has 3 nitrogen and oxygen atoms in total. The summed E-state index contributed by atoms with van der Waals surface area (Å²) < 4.78 is 3.76. The number of anilines is 1. The number of aromatic nitrogens is 1. The molecule has 11 rings (SSSR count). The quantitative estimate of drug-likeness (QED) is 0.187. The summed E-state index contributed by atoms with van der Waals surface area (Å²) in [5.74, 6) is 0.458. The van der Waals surface area contributed by atoms with Crippen molar-refractivity contribution < 1.29 is 0 Å². The lowest BCUT2D eigenvalue weighted by atomic mass is 9.69. The molecule has 0 saturated heterocycles. The maximum absolute atomic E-state index is 5.86. The zero-order valence-electron chi connectivity index (χ0n) is 31.3. The van der Waals surface area contributed by atoms with Crippen molar-refractivity contribution in [2.75, 3.05) is 5.32 Å². The number of allylic oxidation sites excluding steroid dienone is 6. The van der Waals surface area contributed by atoms with Crippen LogP contribution in [-0.2, 0) is 0 Å². The van der Waals surface area contributed by atoms with E-state index in [0.29, 0.717) is 0 Å². The average Bonchev–Trinajstić information content (AvgIpc) is 3.81. The summed E-state index contributed by atoms with van der Waals surface area (Å²) >= 11 is 1.82. The SMILES string of the molecule is CC1=C(c2ccccc2C)C2C=CC=CC2c2c1n(C1N=C(c3cc(-c4ccccc4)cc(-c4ccccc4)c3)c3c(sc4ccccc34)N1)c1ccccc21. The maximum Gasteiger partial charge on any atom is 0.202 e. The topological polar surface area (TPSA) is 29.3 Å². The van der Waals surface area contributed by atoms with Crippen LogP contribution in [0.5, 0.6) is 0 Å².